The molecule has 0 unspecified atom stereocenters. The Bertz CT molecular complexity index is 91.2. The topological polar surface area (TPSA) is 77.8 Å². The van der Waals surface area contributed by atoms with Gasteiger partial charge >= 0.3 is 57.5 Å². The normalized spacial score (nSPS) is 4.89. The monoisotopic (exact) mass is 158 g/mol. The summed E-state index contributed by atoms with van der Waals surface area (Å²) in [5.74, 6) is 1.99. The Kier molecular flexibility index (Phi) is 28.4. The zero-order valence-corrected chi connectivity index (χ0v) is 4.03. The summed E-state index contributed by atoms with van der Waals surface area (Å²) in [5.41, 5.74) is 0. The fourth-order valence-electron chi connectivity index (χ4n) is 0. The van der Waals surface area contributed by atoms with Crippen molar-refractivity contribution >= 4 is 57.5 Å². The summed E-state index contributed by atoms with van der Waals surface area (Å²) in [6.07, 6.45) is 2.69. The molecule has 0 aromatic heterocycles. The Morgan fingerprint density at radius 1 is 1.56 bits per heavy atom. The molecule has 0 saturated heterocycles. The zero-order valence-electron chi connectivity index (χ0n) is 4.03. The molecule has 48 valence electrons. The van der Waals surface area contributed by atoms with Crippen LogP contribution in [-0.4, -0.2) is 79.5 Å². The van der Waals surface area contributed by atoms with Crippen LogP contribution in [0.15, 0.2) is 0 Å². The average molecular weight is 158 g/mol. The first-order valence-electron chi connectivity index (χ1n) is 1.61. The second-order valence-electron chi connectivity index (χ2n) is 0.645. The molecule has 0 aromatic carbocycles. The van der Waals surface area contributed by atoms with Crippen LogP contribution in [0.25, 0.3) is 0 Å². The molecule has 0 spiro atoms. The molecule has 0 amide bonds. The van der Waals surface area contributed by atoms with Crippen LogP contribution in [0.4, 0.5) is 4.79 Å². The fraction of sp³-hybridized carbons (Fsp3) is 0.250. The van der Waals surface area contributed by atoms with E-state index in [9.17, 15) is 0 Å². The van der Waals surface area contributed by atoms with Gasteiger partial charge in [-0.25, -0.2) is 4.79 Å². The van der Waals surface area contributed by atoms with Crippen LogP contribution in [-0.2, 0) is 0 Å². The van der Waals surface area contributed by atoms with Gasteiger partial charge < -0.3 is 15.3 Å². The van der Waals surface area contributed by atoms with Gasteiger partial charge in [0.05, 0.1) is 0 Å². The molecule has 0 aliphatic rings. The standard InChI is InChI=1S/C3H4O.CH2O3.K.H/c1-2-3-4;2-1(3)4;;/h1,4H,3H2;(H2,2,3,4);;. The minimum absolute atomic E-state index is 0. The molecule has 9 heavy (non-hydrogen) atoms. The van der Waals surface area contributed by atoms with Crippen LogP contribution in [0.1, 0.15) is 0 Å². The Morgan fingerprint density at radius 2 is 1.67 bits per heavy atom. The van der Waals surface area contributed by atoms with Crippen molar-refractivity contribution < 1.29 is 20.1 Å². The predicted octanol–water partition coefficient (Wildman–Crippen LogP) is -0.814. The molecule has 0 atom stereocenters. The Labute approximate surface area is 95.3 Å². The van der Waals surface area contributed by atoms with Gasteiger partial charge in [-0.1, -0.05) is 5.92 Å². The number of hydrogen-bond donors (Lipinski definition) is 3. The first kappa shape index (κ1) is 16.2. The van der Waals surface area contributed by atoms with E-state index in [-0.39, 0.29) is 58.0 Å². The van der Waals surface area contributed by atoms with Gasteiger partial charge in [-0.05, 0) is 0 Å². The number of terminal acetylenes is 1. The summed E-state index contributed by atoms with van der Waals surface area (Å²) < 4.78 is 0. The second kappa shape index (κ2) is 15.8. The maximum absolute atomic E-state index is 8.56. The van der Waals surface area contributed by atoms with Crippen LogP contribution in [0.5, 0.6) is 0 Å². The van der Waals surface area contributed by atoms with Crippen LogP contribution >= 0.6 is 0 Å². The number of aliphatic hydroxyl groups is 1. The number of carboxylic acid groups (broad SMARTS) is 2. The molecular weight excluding hydrogens is 151 g/mol. The predicted molar refractivity (Wildman–Crippen MR) is 33.7 cm³/mol. The molecule has 5 heteroatoms. The minimum atomic E-state index is -1.83. The van der Waals surface area contributed by atoms with E-state index < -0.39 is 6.16 Å². The van der Waals surface area contributed by atoms with E-state index >= 15 is 0 Å². The molecule has 0 fully saturated rings. The van der Waals surface area contributed by atoms with E-state index in [1.54, 1.807) is 0 Å². The Hall–Kier alpha value is 0.426. The molecule has 0 bridgehead atoms. The summed E-state index contributed by atoms with van der Waals surface area (Å²) >= 11 is 0. The zero-order chi connectivity index (χ0) is 6.99. The van der Waals surface area contributed by atoms with Gasteiger partial charge in [0, 0.05) is 0 Å². The fourth-order valence-corrected chi connectivity index (χ4v) is 0. The molecule has 0 aliphatic carbocycles. The quantitative estimate of drug-likeness (QED) is 0.318. The third-order valence-corrected chi connectivity index (χ3v) is 0.0913. The van der Waals surface area contributed by atoms with Gasteiger partial charge in [-0.2, -0.15) is 0 Å². The van der Waals surface area contributed by atoms with Gasteiger partial charge in [-0.15, -0.1) is 6.42 Å². The van der Waals surface area contributed by atoms with E-state index in [0.717, 1.165) is 0 Å². The molecule has 0 saturated carbocycles. The summed E-state index contributed by atoms with van der Waals surface area (Å²) in [5, 5.41) is 21.6. The van der Waals surface area contributed by atoms with Gasteiger partial charge in [0.25, 0.3) is 0 Å². The van der Waals surface area contributed by atoms with Gasteiger partial charge in [0.15, 0.2) is 0 Å². The van der Waals surface area contributed by atoms with Crippen molar-refractivity contribution in [1.29, 1.82) is 0 Å². The number of aliphatic hydroxyl groups excluding tert-OH is 1. The van der Waals surface area contributed by atoms with E-state index in [4.69, 9.17) is 20.1 Å². The molecular formula is C4H7KO4. The van der Waals surface area contributed by atoms with E-state index in [1.807, 2.05) is 5.92 Å². The molecule has 0 rings (SSSR count). The van der Waals surface area contributed by atoms with Crippen molar-refractivity contribution in [2.45, 2.75) is 0 Å². The molecule has 3 N–H and O–H groups in total. The average Bonchev–Trinajstić information content (AvgIpc) is 1.65. The molecule has 0 aliphatic heterocycles. The van der Waals surface area contributed by atoms with Crippen molar-refractivity contribution in [2.75, 3.05) is 6.61 Å². The molecule has 0 aromatic rings. The summed E-state index contributed by atoms with van der Waals surface area (Å²) in [7, 11) is 0. The molecule has 0 radical (unpaired) electrons. The maximum atomic E-state index is 8.56. The van der Waals surface area contributed by atoms with E-state index in [1.165, 1.54) is 0 Å². The van der Waals surface area contributed by atoms with Gasteiger partial charge in [0.2, 0.25) is 0 Å². The Balaban J connectivity index is -0.0000000720. The second-order valence-corrected chi connectivity index (χ2v) is 0.645. The van der Waals surface area contributed by atoms with Crippen LogP contribution < -0.4 is 0 Å². The third kappa shape index (κ3) is 171. The van der Waals surface area contributed by atoms with Gasteiger partial charge in [0.1, 0.15) is 6.61 Å². The van der Waals surface area contributed by atoms with E-state index in [0.29, 0.717) is 0 Å². The van der Waals surface area contributed by atoms with Gasteiger partial charge in [-0.3, -0.25) is 0 Å². The number of hydrogen-bond acceptors (Lipinski definition) is 2. The van der Waals surface area contributed by atoms with Crippen molar-refractivity contribution in [1.82, 2.24) is 0 Å². The summed E-state index contributed by atoms with van der Waals surface area (Å²) in [6, 6.07) is 0. The van der Waals surface area contributed by atoms with Crippen LogP contribution in [0.3, 0.4) is 0 Å². The Morgan fingerprint density at radius 3 is 1.67 bits per heavy atom. The van der Waals surface area contributed by atoms with Crippen LogP contribution in [0.2, 0.25) is 0 Å². The first-order valence-corrected chi connectivity index (χ1v) is 1.61. The van der Waals surface area contributed by atoms with Crippen molar-refractivity contribution in [3.05, 3.63) is 0 Å². The van der Waals surface area contributed by atoms with Crippen molar-refractivity contribution in [2.24, 2.45) is 0 Å². The molecule has 4 nitrogen and oxygen atoms in total. The molecule has 0 heterocycles. The summed E-state index contributed by atoms with van der Waals surface area (Å²) in [4.78, 5) is 8.56. The number of carbonyl (C=O) groups is 1. The van der Waals surface area contributed by atoms with E-state index in [2.05, 4.69) is 6.42 Å². The first-order chi connectivity index (χ1) is 3.65. The van der Waals surface area contributed by atoms with Crippen molar-refractivity contribution in [3.8, 4) is 12.3 Å². The SMILES string of the molecule is C#CCO.O=C(O)O.[KH]. The summed E-state index contributed by atoms with van der Waals surface area (Å²) in [6.45, 7) is -0.153. The third-order valence-electron chi connectivity index (χ3n) is 0.0913. The van der Waals surface area contributed by atoms with Crippen LogP contribution in [0, 0.1) is 12.3 Å². The van der Waals surface area contributed by atoms with Crippen molar-refractivity contribution in [3.63, 3.8) is 0 Å². The number of rotatable bonds is 0.